The maximum atomic E-state index is 2.47. The van der Waals surface area contributed by atoms with Crippen molar-refractivity contribution >= 4 is 55.7 Å². The third-order valence-electron chi connectivity index (χ3n) is 13.5. The highest BCUT2D eigenvalue weighted by Crippen LogP contribution is 2.51. The highest BCUT2D eigenvalue weighted by atomic mass is 15.1. The molecule has 10 aromatic rings. The Kier molecular flexibility index (Phi) is 8.05. The molecule has 2 aliphatic rings. The minimum Gasteiger partial charge on any atom is -0.310 e. The van der Waals surface area contributed by atoms with Gasteiger partial charge < -0.3 is 9.47 Å². The summed E-state index contributed by atoms with van der Waals surface area (Å²) in [5.41, 5.74) is 18.9. The minimum absolute atomic E-state index is 0.0940. The number of hydrogen-bond acceptors (Lipinski definition) is 1. The molecule has 2 heteroatoms. The average molecular weight is 781 g/mol. The zero-order valence-corrected chi connectivity index (χ0v) is 34.4. The van der Waals surface area contributed by atoms with Crippen LogP contribution in [0.25, 0.3) is 66.6 Å². The van der Waals surface area contributed by atoms with Gasteiger partial charge in [0.15, 0.2) is 0 Å². The van der Waals surface area contributed by atoms with Crippen molar-refractivity contribution in [1.29, 1.82) is 0 Å². The fourth-order valence-corrected chi connectivity index (χ4v) is 10.4. The van der Waals surface area contributed by atoms with Gasteiger partial charge in [-0.1, -0.05) is 166 Å². The van der Waals surface area contributed by atoms with E-state index in [1.807, 2.05) is 0 Å². The molecule has 0 radical (unpaired) electrons. The van der Waals surface area contributed by atoms with Gasteiger partial charge in [-0.3, -0.25) is 0 Å². The Morgan fingerprint density at radius 2 is 1.18 bits per heavy atom. The summed E-state index contributed by atoms with van der Waals surface area (Å²) >= 11 is 0. The SMILES string of the molecule is CC1(C)c2ccccc2-c2ccc(N(c3ccc(-c4ccc5c(c4)c4ccc6c(c4n5-c4ccccc4)C=CC(c4ccccc4)C6)cc3)c3ccc4ccccc4c3)cc21. The Bertz CT molecular complexity index is 3350. The number of hydrogen-bond donors (Lipinski definition) is 0. The summed E-state index contributed by atoms with van der Waals surface area (Å²) in [4.78, 5) is 2.42. The van der Waals surface area contributed by atoms with Gasteiger partial charge in [0.1, 0.15) is 0 Å². The zero-order chi connectivity index (χ0) is 40.7. The number of aromatic nitrogens is 1. The Morgan fingerprint density at radius 3 is 2.02 bits per heavy atom. The number of benzene rings is 9. The van der Waals surface area contributed by atoms with E-state index in [1.54, 1.807) is 0 Å². The van der Waals surface area contributed by atoms with Crippen molar-refractivity contribution in [2.45, 2.75) is 31.6 Å². The summed E-state index contributed by atoms with van der Waals surface area (Å²) in [6.07, 6.45) is 5.77. The third-order valence-corrected chi connectivity index (χ3v) is 13.5. The number of fused-ring (bicyclic) bond motifs is 9. The molecule has 1 heterocycles. The molecule has 1 aromatic heterocycles. The Morgan fingerprint density at radius 1 is 0.508 bits per heavy atom. The number of anilines is 3. The first-order chi connectivity index (χ1) is 30.0. The van der Waals surface area contributed by atoms with Crippen LogP contribution in [0.3, 0.4) is 0 Å². The molecule has 0 N–H and O–H groups in total. The predicted octanol–water partition coefficient (Wildman–Crippen LogP) is 15.7. The molecule has 1 unspecified atom stereocenters. The molecule has 9 aromatic carbocycles. The quantitative estimate of drug-likeness (QED) is 0.163. The van der Waals surface area contributed by atoms with Crippen molar-refractivity contribution in [2.75, 3.05) is 4.90 Å². The van der Waals surface area contributed by atoms with Gasteiger partial charge in [-0.15, -0.1) is 0 Å². The number of rotatable bonds is 6. The summed E-state index contributed by atoms with van der Waals surface area (Å²) in [7, 11) is 0. The van der Waals surface area contributed by atoms with E-state index in [0.29, 0.717) is 5.92 Å². The number of nitrogens with zero attached hydrogens (tertiary/aromatic N) is 2. The lowest BCUT2D eigenvalue weighted by Crippen LogP contribution is -2.16. The minimum atomic E-state index is -0.0940. The second-order valence-corrected chi connectivity index (χ2v) is 17.3. The lowest BCUT2D eigenvalue weighted by atomic mass is 9.82. The largest absolute Gasteiger partial charge is 0.310 e. The van der Waals surface area contributed by atoms with Crippen molar-refractivity contribution in [3.8, 4) is 27.9 Å². The van der Waals surface area contributed by atoms with E-state index in [4.69, 9.17) is 0 Å². The van der Waals surface area contributed by atoms with Gasteiger partial charge in [0, 0.05) is 50.4 Å². The van der Waals surface area contributed by atoms with Crippen LogP contribution in [0.2, 0.25) is 0 Å². The molecule has 2 nitrogen and oxygen atoms in total. The van der Waals surface area contributed by atoms with Crippen LogP contribution >= 0.6 is 0 Å². The van der Waals surface area contributed by atoms with Crippen LogP contribution in [-0.2, 0) is 11.8 Å². The topological polar surface area (TPSA) is 8.17 Å². The van der Waals surface area contributed by atoms with Crippen molar-refractivity contribution in [1.82, 2.24) is 4.57 Å². The summed E-state index contributed by atoms with van der Waals surface area (Å²) in [5.74, 6) is 0.374. The Labute approximate surface area is 357 Å². The average Bonchev–Trinajstić information content (AvgIpc) is 3.77. The van der Waals surface area contributed by atoms with Crippen LogP contribution in [0.1, 0.15) is 47.6 Å². The van der Waals surface area contributed by atoms with Gasteiger partial charge in [-0.2, -0.15) is 0 Å². The maximum absolute atomic E-state index is 2.47. The van der Waals surface area contributed by atoms with Gasteiger partial charge in [0.05, 0.1) is 11.0 Å². The third kappa shape index (κ3) is 5.70. The highest BCUT2D eigenvalue weighted by molar-refractivity contribution is 6.13. The first-order valence-electron chi connectivity index (χ1n) is 21.5. The van der Waals surface area contributed by atoms with Gasteiger partial charge >= 0.3 is 0 Å². The molecule has 0 saturated carbocycles. The predicted molar refractivity (Wildman–Crippen MR) is 258 cm³/mol. The van der Waals surface area contributed by atoms with E-state index in [1.165, 1.54) is 88.3 Å². The smallest absolute Gasteiger partial charge is 0.0616 e. The molecular formula is C59H44N2. The van der Waals surface area contributed by atoms with Crippen LogP contribution in [0, 0.1) is 0 Å². The van der Waals surface area contributed by atoms with Crippen LogP contribution in [-0.4, -0.2) is 4.57 Å². The molecule has 0 saturated heterocycles. The molecular weight excluding hydrogens is 737 g/mol. The van der Waals surface area contributed by atoms with E-state index < -0.39 is 0 Å². The monoisotopic (exact) mass is 780 g/mol. The lowest BCUT2D eigenvalue weighted by molar-refractivity contribution is 0.660. The molecule has 0 fully saturated rings. The second kappa shape index (κ2) is 13.8. The molecule has 0 aliphatic heterocycles. The van der Waals surface area contributed by atoms with E-state index in [0.717, 1.165) is 23.5 Å². The summed E-state index contributed by atoms with van der Waals surface area (Å²) in [6.45, 7) is 4.72. The Hall–Kier alpha value is -7.42. The fraction of sp³-hybridized carbons (Fsp3) is 0.0847. The van der Waals surface area contributed by atoms with Crippen molar-refractivity contribution in [3.05, 3.63) is 234 Å². The van der Waals surface area contributed by atoms with Gasteiger partial charge in [0.25, 0.3) is 0 Å². The van der Waals surface area contributed by atoms with E-state index >= 15 is 0 Å². The molecule has 1 atom stereocenters. The first kappa shape index (κ1) is 35.5. The molecule has 0 spiro atoms. The fourth-order valence-electron chi connectivity index (χ4n) is 10.4. The van der Waals surface area contributed by atoms with Crippen molar-refractivity contribution in [3.63, 3.8) is 0 Å². The molecule has 0 amide bonds. The van der Waals surface area contributed by atoms with Crippen LogP contribution < -0.4 is 4.90 Å². The number of allylic oxidation sites excluding steroid dienone is 1. The van der Waals surface area contributed by atoms with Gasteiger partial charge in [0.2, 0.25) is 0 Å². The first-order valence-corrected chi connectivity index (χ1v) is 21.5. The van der Waals surface area contributed by atoms with Crippen LogP contribution in [0.15, 0.2) is 206 Å². The molecule has 2 aliphatic carbocycles. The summed E-state index contributed by atoms with van der Waals surface area (Å²) in [5, 5.41) is 5.01. The normalized spacial score (nSPS) is 14.9. The molecule has 12 rings (SSSR count). The van der Waals surface area contributed by atoms with Gasteiger partial charge in [-0.05, 0) is 122 Å². The summed E-state index contributed by atoms with van der Waals surface area (Å²) in [6, 6.07) is 74.1. The van der Waals surface area contributed by atoms with E-state index in [2.05, 4.69) is 236 Å². The second-order valence-electron chi connectivity index (χ2n) is 17.3. The van der Waals surface area contributed by atoms with Crippen LogP contribution in [0.4, 0.5) is 17.1 Å². The van der Waals surface area contributed by atoms with Crippen molar-refractivity contribution < 1.29 is 0 Å². The maximum Gasteiger partial charge on any atom is 0.0616 e. The number of para-hydroxylation sites is 1. The molecule has 0 bridgehead atoms. The summed E-state index contributed by atoms with van der Waals surface area (Å²) < 4.78 is 2.47. The Balaban J connectivity index is 0.966. The van der Waals surface area contributed by atoms with E-state index in [-0.39, 0.29) is 5.41 Å². The zero-order valence-electron chi connectivity index (χ0n) is 34.4. The highest BCUT2D eigenvalue weighted by Gasteiger charge is 2.35. The van der Waals surface area contributed by atoms with Crippen LogP contribution in [0.5, 0.6) is 0 Å². The van der Waals surface area contributed by atoms with Crippen molar-refractivity contribution in [2.24, 2.45) is 0 Å². The van der Waals surface area contributed by atoms with Gasteiger partial charge in [-0.25, -0.2) is 0 Å². The molecule has 290 valence electrons. The molecule has 61 heavy (non-hydrogen) atoms. The lowest BCUT2D eigenvalue weighted by Gasteiger charge is -2.28. The van der Waals surface area contributed by atoms with E-state index in [9.17, 15) is 0 Å². The standard InChI is InChI=1S/C59H44N2/c1-59(2)55-20-12-11-19-51(55)52-33-30-49(38-56(52)59)60(48-29-23-40-15-9-10-16-42(40)36-48)47-27-21-41(22-28-47)44-26-34-57-54(37-44)53-32-25-45-35-43(39-13-5-3-6-14-39)24-31-50(45)58(53)61(57)46-17-7-4-8-18-46/h3-34,36-38,43H,35H2,1-2H3.